The van der Waals surface area contributed by atoms with Crippen molar-refractivity contribution in [2.75, 3.05) is 13.1 Å². The molecule has 0 aliphatic carbocycles. The summed E-state index contributed by atoms with van der Waals surface area (Å²) in [5, 5.41) is 6.87. The highest BCUT2D eigenvalue weighted by atomic mass is 32.1. The third kappa shape index (κ3) is 3.63. The quantitative estimate of drug-likeness (QED) is 0.617. The zero-order chi connectivity index (χ0) is 19.9. The largest absolute Gasteiger partial charge is 0.444 e. The van der Waals surface area contributed by atoms with E-state index in [1.165, 1.54) is 4.88 Å². The molecule has 0 aromatic carbocycles. The van der Waals surface area contributed by atoms with Crippen molar-refractivity contribution in [3.05, 3.63) is 41.2 Å². The van der Waals surface area contributed by atoms with Gasteiger partial charge in [-0.1, -0.05) is 6.07 Å². The van der Waals surface area contributed by atoms with Crippen LogP contribution in [-0.2, 0) is 4.74 Å². The minimum atomic E-state index is -0.483. The third-order valence-electron chi connectivity index (χ3n) is 4.98. The Labute approximate surface area is 169 Å². The van der Waals surface area contributed by atoms with Crippen LogP contribution in [0.5, 0.6) is 0 Å². The number of ether oxygens (including phenoxy) is 1. The molecule has 1 atom stereocenters. The van der Waals surface area contributed by atoms with E-state index in [-0.39, 0.29) is 12.0 Å². The minimum absolute atomic E-state index is 0.210. The van der Waals surface area contributed by atoms with Crippen LogP contribution in [0.3, 0.4) is 0 Å². The van der Waals surface area contributed by atoms with Gasteiger partial charge in [0, 0.05) is 30.1 Å². The van der Waals surface area contributed by atoms with Crippen molar-refractivity contribution < 1.29 is 9.53 Å². The van der Waals surface area contributed by atoms with E-state index < -0.39 is 5.60 Å². The van der Waals surface area contributed by atoms with E-state index >= 15 is 0 Å². The molecule has 1 aliphatic heterocycles. The van der Waals surface area contributed by atoms with Crippen molar-refractivity contribution in [3.63, 3.8) is 0 Å². The highest BCUT2D eigenvalue weighted by Gasteiger charge is 2.30. The van der Waals surface area contributed by atoms with E-state index in [2.05, 4.69) is 16.4 Å². The maximum absolute atomic E-state index is 12.5. The second-order valence-electron chi connectivity index (χ2n) is 8.31. The average molecular weight is 399 g/mol. The van der Waals surface area contributed by atoms with Crippen molar-refractivity contribution >= 4 is 23.1 Å². The fraction of sp³-hybridized carbons (Fsp3) is 0.476. The Balaban J connectivity index is 1.66. The SMILES string of the molecule is Cc1nn2c(C3CCCN(C(=O)OC(C)(C)C)C3)ccnc2c1-c1cccs1. The maximum atomic E-state index is 12.5. The molecule has 1 amide bonds. The van der Waals surface area contributed by atoms with Gasteiger partial charge in [0.15, 0.2) is 5.65 Å². The van der Waals surface area contributed by atoms with Crippen LogP contribution in [0.15, 0.2) is 29.8 Å². The van der Waals surface area contributed by atoms with Gasteiger partial charge in [0.25, 0.3) is 0 Å². The summed E-state index contributed by atoms with van der Waals surface area (Å²) in [7, 11) is 0. The van der Waals surface area contributed by atoms with Gasteiger partial charge in [0.1, 0.15) is 5.60 Å². The molecule has 1 unspecified atom stereocenters. The number of aryl methyl sites for hydroxylation is 1. The summed E-state index contributed by atoms with van der Waals surface area (Å²) >= 11 is 1.70. The van der Waals surface area contributed by atoms with Gasteiger partial charge < -0.3 is 9.64 Å². The molecule has 0 bridgehead atoms. The zero-order valence-electron chi connectivity index (χ0n) is 16.8. The molecule has 4 heterocycles. The number of carbonyl (C=O) groups is 1. The molecule has 3 aromatic heterocycles. The summed E-state index contributed by atoms with van der Waals surface area (Å²) in [5.74, 6) is 0.210. The Kier molecular flexibility index (Phi) is 4.87. The smallest absolute Gasteiger partial charge is 0.410 e. The van der Waals surface area contributed by atoms with E-state index in [9.17, 15) is 4.79 Å². The molecule has 28 heavy (non-hydrogen) atoms. The minimum Gasteiger partial charge on any atom is -0.444 e. The molecular formula is C21H26N4O2S. The lowest BCUT2D eigenvalue weighted by atomic mass is 9.94. The fourth-order valence-corrected chi connectivity index (χ4v) is 4.62. The Morgan fingerprint density at radius 3 is 2.86 bits per heavy atom. The molecule has 0 spiro atoms. The van der Waals surface area contributed by atoms with Crippen molar-refractivity contribution in [1.29, 1.82) is 0 Å². The lowest BCUT2D eigenvalue weighted by Gasteiger charge is -2.34. The molecule has 148 valence electrons. The van der Waals surface area contributed by atoms with Crippen molar-refractivity contribution in [2.24, 2.45) is 0 Å². The topological polar surface area (TPSA) is 59.7 Å². The Bertz CT molecular complexity index is 988. The van der Waals surface area contributed by atoms with Gasteiger partial charge in [-0.15, -0.1) is 11.3 Å². The van der Waals surface area contributed by atoms with Gasteiger partial charge in [-0.2, -0.15) is 5.10 Å². The standard InChI is InChI=1S/C21H26N4O2S/c1-14-18(17-8-6-12-28-17)19-22-10-9-16(25(19)23-14)15-7-5-11-24(13-15)20(26)27-21(2,3)4/h6,8-10,12,15H,5,7,11,13H2,1-4H3. The summed E-state index contributed by atoms with van der Waals surface area (Å²) in [6, 6.07) is 6.18. The number of rotatable bonds is 2. The summed E-state index contributed by atoms with van der Waals surface area (Å²) in [6.07, 6.45) is 3.59. The molecule has 1 aliphatic rings. The molecule has 1 saturated heterocycles. The van der Waals surface area contributed by atoms with Crippen LogP contribution >= 0.6 is 11.3 Å². The summed E-state index contributed by atoms with van der Waals surface area (Å²) in [5.41, 5.74) is 3.57. The van der Waals surface area contributed by atoms with E-state index in [1.807, 2.05) is 55.4 Å². The number of nitrogens with zero attached hydrogens (tertiary/aromatic N) is 4. The lowest BCUT2D eigenvalue weighted by Crippen LogP contribution is -2.42. The summed E-state index contributed by atoms with van der Waals surface area (Å²) in [4.78, 5) is 20.2. The van der Waals surface area contributed by atoms with Gasteiger partial charge in [-0.25, -0.2) is 14.3 Å². The molecule has 0 saturated carbocycles. The molecule has 0 N–H and O–H groups in total. The number of hydrogen-bond donors (Lipinski definition) is 0. The predicted octanol–water partition coefficient (Wildman–Crippen LogP) is 4.88. The maximum Gasteiger partial charge on any atom is 0.410 e. The first-order valence-corrected chi connectivity index (χ1v) is 10.6. The second kappa shape index (κ2) is 7.20. The first-order chi connectivity index (χ1) is 13.3. The normalized spacial score (nSPS) is 17.9. The Hall–Kier alpha value is -2.41. The van der Waals surface area contributed by atoms with Crippen molar-refractivity contribution in [1.82, 2.24) is 19.5 Å². The number of likely N-dealkylation sites (tertiary alicyclic amines) is 1. The Morgan fingerprint density at radius 1 is 1.32 bits per heavy atom. The van der Waals surface area contributed by atoms with Crippen LogP contribution in [0.4, 0.5) is 4.79 Å². The molecule has 7 heteroatoms. The highest BCUT2D eigenvalue weighted by molar-refractivity contribution is 7.13. The van der Waals surface area contributed by atoms with E-state index in [1.54, 1.807) is 11.3 Å². The van der Waals surface area contributed by atoms with E-state index in [0.29, 0.717) is 6.54 Å². The van der Waals surface area contributed by atoms with Crippen LogP contribution in [0.25, 0.3) is 16.1 Å². The molecule has 3 aromatic rings. The molecule has 4 rings (SSSR count). The van der Waals surface area contributed by atoms with E-state index in [0.717, 1.165) is 42.0 Å². The Morgan fingerprint density at radius 2 is 2.14 bits per heavy atom. The fourth-order valence-electron chi connectivity index (χ4n) is 3.80. The van der Waals surface area contributed by atoms with E-state index in [4.69, 9.17) is 9.84 Å². The monoisotopic (exact) mass is 398 g/mol. The third-order valence-corrected chi connectivity index (χ3v) is 5.87. The number of piperidine rings is 1. The van der Waals surface area contributed by atoms with Gasteiger partial charge >= 0.3 is 6.09 Å². The van der Waals surface area contributed by atoms with Crippen molar-refractivity contribution in [2.45, 2.75) is 52.1 Å². The van der Waals surface area contributed by atoms with Gasteiger partial charge in [0.05, 0.1) is 17.0 Å². The average Bonchev–Trinajstić information content (AvgIpc) is 3.26. The van der Waals surface area contributed by atoms with Crippen molar-refractivity contribution in [3.8, 4) is 10.4 Å². The number of thiophene rings is 1. The number of aromatic nitrogens is 3. The number of fused-ring (bicyclic) bond motifs is 1. The van der Waals surface area contributed by atoms with Gasteiger partial charge in [-0.05, 0) is 58.0 Å². The van der Waals surface area contributed by atoms with Crippen LogP contribution in [-0.4, -0.2) is 44.3 Å². The number of hydrogen-bond acceptors (Lipinski definition) is 5. The molecule has 0 radical (unpaired) electrons. The van der Waals surface area contributed by atoms with Gasteiger partial charge in [0.2, 0.25) is 0 Å². The number of carbonyl (C=O) groups excluding carboxylic acids is 1. The highest BCUT2D eigenvalue weighted by Crippen LogP contribution is 2.34. The molecular weight excluding hydrogens is 372 g/mol. The van der Waals surface area contributed by atoms with Crippen LogP contribution < -0.4 is 0 Å². The first-order valence-electron chi connectivity index (χ1n) is 9.69. The first kappa shape index (κ1) is 18.9. The summed E-state index contributed by atoms with van der Waals surface area (Å²) < 4.78 is 7.54. The predicted molar refractivity (Wildman–Crippen MR) is 111 cm³/mol. The molecule has 1 fully saturated rings. The second-order valence-corrected chi connectivity index (χ2v) is 9.26. The van der Waals surface area contributed by atoms with Gasteiger partial charge in [-0.3, -0.25) is 0 Å². The zero-order valence-corrected chi connectivity index (χ0v) is 17.6. The molecule has 6 nitrogen and oxygen atoms in total. The van der Waals surface area contributed by atoms with Crippen LogP contribution in [0, 0.1) is 6.92 Å². The summed E-state index contributed by atoms with van der Waals surface area (Å²) in [6.45, 7) is 9.10. The lowest BCUT2D eigenvalue weighted by molar-refractivity contribution is 0.0196. The van der Waals surface area contributed by atoms with Crippen LogP contribution in [0.2, 0.25) is 0 Å². The number of amides is 1. The van der Waals surface area contributed by atoms with Crippen LogP contribution in [0.1, 0.15) is 50.9 Å².